The molecule has 0 unspecified atom stereocenters. The summed E-state index contributed by atoms with van der Waals surface area (Å²) in [4.78, 5) is 11.3. The van der Waals surface area contributed by atoms with Gasteiger partial charge >= 0.3 is 6.18 Å². The highest BCUT2D eigenvalue weighted by atomic mass is 19.4. The third-order valence-corrected chi connectivity index (χ3v) is 2.43. The number of halogens is 3. The van der Waals surface area contributed by atoms with Gasteiger partial charge in [0.25, 0.3) is 0 Å². The Morgan fingerprint density at radius 3 is 2.50 bits per heavy atom. The number of aromatic nitrogens is 3. The Labute approximate surface area is 112 Å². The first-order valence-corrected chi connectivity index (χ1v) is 5.47. The molecule has 0 aliphatic rings. The lowest BCUT2D eigenvalue weighted by atomic mass is 10.1. The van der Waals surface area contributed by atoms with Crippen LogP contribution < -0.4 is 5.32 Å². The summed E-state index contributed by atoms with van der Waals surface area (Å²) in [7, 11) is 0. The molecule has 0 saturated carbocycles. The SMILES string of the molecule is N#Cc1cnc(NCc2cnccc2C(F)(F)F)nc1. The van der Waals surface area contributed by atoms with Crippen molar-refractivity contribution >= 4 is 5.95 Å². The molecule has 8 heteroatoms. The quantitative estimate of drug-likeness (QED) is 0.933. The maximum atomic E-state index is 12.8. The zero-order valence-electron chi connectivity index (χ0n) is 10.0. The molecule has 0 bridgehead atoms. The van der Waals surface area contributed by atoms with Gasteiger partial charge < -0.3 is 5.32 Å². The topological polar surface area (TPSA) is 74.5 Å². The molecular weight excluding hydrogens is 271 g/mol. The highest BCUT2D eigenvalue weighted by Gasteiger charge is 2.33. The Morgan fingerprint density at radius 1 is 1.20 bits per heavy atom. The Balaban J connectivity index is 2.13. The van der Waals surface area contributed by atoms with Gasteiger partial charge in [0, 0.05) is 24.5 Å². The van der Waals surface area contributed by atoms with Crippen LogP contribution in [0.4, 0.5) is 19.1 Å². The minimum atomic E-state index is -4.44. The van der Waals surface area contributed by atoms with Crippen molar-refractivity contribution in [3.8, 4) is 6.07 Å². The van der Waals surface area contributed by atoms with Crippen LogP contribution in [0.3, 0.4) is 0 Å². The smallest absolute Gasteiger partial charge is 0.350 e. The normalized spacial score (nSPS) is 10.9. The standard InChI is InChI=1S/C12H8F3N5/c13-12(14,15)10-1-2-17-6-9(10)7-20-11-18-4-8(3-16)5-19-11/h1-2,4-6H,7H2,(H,18,19,20). The number of rotatable bonds is 3. The lowest BCUT2D eigenvalue weighted by Crippen LogP contribution is -2.13. The minimum Gasteiger partial charge on any atom is -0.350 e. The van der Waals surface area contributed by atoms with Crippen LogP contribution >= 0.6 is 0 Å². The minimum absolute atomic E-state index is 0.00652. The molecule has 20 heavy (non-hydrogen) atoms. The van der Waals surface area contributed by atoms with Gasteiger partial charge in [0.1, 0.15) is 6.07 Å². The van der Waals surface area contributed by atoms with Crippen molar-refractivity contribution < 1.29 is 13.2 Å². The van der Waals surface area contributed by atoms with E-state index in [2.05, 4.69) is 20.3 Å². The second kappa shape index (κ2) is 5.52. The number of anilines is 1. The van der Waals surface area contributed by atoms with Gasteiger partial charge in [0.05, 0.1) is 23.5 Å². The van der Waals surface area contributed by atoms with Crippen molar-refractivity contribution in [2.45, 2.75) is 12.7 Å². The van der Waals surface area contributed by atoms with Crippen molar-refractivity contribution in [1.29, 1.82) is 5.26 Å². The summed E-state index contributed by atoms with van der Waals surface area (Å²) in [6.45, 7) is -0.116. The van der Waals surface area contributed by atoms with Gasteiger partial charge in [0.2, 0.25) is 5.95 Å². The fourth-order valence-electron chi connectivity index (χ4n) is 1.50. The molecule has 0 radical (unpaired) electrons. The van der Waals surface area contributed by atoms with Gasteiger partial charge in [-0.25, -0.2) is 9.97 Å². The highest BCUT2D eigenvalue weighted by Crippen LogP contribution is 2.31. The first-order chi connectivity index (χ1) is 9.50. The van der Waals surface area contributed by atoms with Crippen LogP contribution in [0.25, 0.3) is 0 Å². The number of pyridine rings is 1. The molecule has 2 aromatic heterocycles. The van der Waals surface area contributed by atoms with E-state index in [4.69, 9.17) is 5.26 Å². The Bertz CT molecular complexity index is 631. The first-order valence-electron chi connectivity index (χ1n) is 5.47. The van der Waals surface area contributed by atoms with E-state index >= 15 is 0 Å². The van der Waals surface area contributed by atoms with Crippen molar-refractivity contribution in [2.75, 3.05) is 5.32 Å². The monoisotopic (exact) mass is 279 g/mol. The fourth-order valence-corrected chi connectivity index (χ4v) is 1.50. The number of hydrogen-bond acceptors (Lipinski definition) is 5. The van der Waals surface area contributed by atoms with E-state index < -0.39 is 11.7 Å². The molecular formula is C12H8F3N5. The van der Waals surface area contributed by atoms with Crippen LogP contribution in [-0.2, 0) is 12.7 Å². The van der Waals surface area contributed by atoms with Gasteiger partial charge in [-0.05, 0) is 6.07 Å². The molecule has 0 saturated heterocycles. The van der Waals surface area contributed by atoms with Crippen molar-refractivity contribution in [3.63, 3.8) is 0 Å². The number of alkyl halides is 3. The zero-order valence-corrected chi connectivity index (χ0v) is 10.0. The molecule has 0 aliphatic heterocycles. The summed E-state index contributed by atoms with van der Waals surface area (Å²) < 4.78 is 38.3. The molecule has 0 amide bonds. The lowest BCUT2D eigenvalue weighted by Gasteiger charge is -2.12. The molecule has 0 atom stereocenters. The second-order valence-electron chi connectivity index (χ2n) is 3.79. The summed E-state index contributed by atoms with van der Waals surface area (Å²) >= 11 is 0. The van der Waals surface area contributed by atoms with Crippen LogP contribution in [-0.4, -0.2) is 15.0 Å². The Morgan fingerprint density at radius 2 is 1.90 bits per heavy atom. The van der Waals surface area contributed by atoms with Gasteiger partial charge in [0.15, 0.2) is 0 Å². The summed E-state index contributed by atoms with van der Waals surface area (Å²) in [5.41, 5.74) is -0.491. The molecule has 0 aromatic carbocycles. The van der Waals surface area contributed by atoms with Crippen molar-refractivity contribution in [1.82, 2.24) is 15.0 Å². The molecule has 0 aliphatic carbocycles. The Kier molecular flexibility index (Phi) is 3.79. The van der Waals surface area contributed by atoms with Crippen molar-refractivity contribution in [2.24, 2.45) is 0 Å². The maximum Gasteiger partial charge on any atom is 0.416 e. The molecule has 0 spiro atoms. The summed E-state index contributed by atoms with van der Waals surface area (Å²) in [5, 5.41) is 11.2. The van der Waals surface area contributed by atoms with Crippen molar-refractivity contribution in [3.05, 3.63) is 47.5 Å². The van der Waals surface area contributed by atoms with E-state index in [9.17, 15) is 13.2 Å². The van der Waals surface area contributed by atoms with E-state index in [1.807, 2.05) is 6.07 Å². The van der Waals surface area contributed by atoms with Gasteiger partial charge in [-0.1, -0.05) is 0 Å². The average Bonchev–Trinajstić information content (AvgIpc) is 2.45. The maximum absolute atomic E-state index is 12.8. The molecule has 1 N–H and O–H groups in total. The van der Waals surface area contributed by atoms with E-state index in [1.165, 1.54) is 12.4 Å². The zero-order chi connectivity index (χ0) is 14.6. The molecule has 2 aromatic rings. The first kappa shape index (κ1) is 13.7. The average molecular weight is 279 g/mol. The highest BCUT2D eigenvalue weighted by molar-refractivity contribution is 5.33. The summed E-state index contributed by atoms with van der Waals surface area (Å²) in [6.07, 6.45) is 0.349. The van der Waals surface area contributed by atoms with E-state index in [0.29, 0.717) is 0 Å². The molecule has 5 nitrogen and oxygen atoms in total. The number of nitrogens with one attached hydrogen (secondary N) is 1. The summed E-state index contributed by atoms with van der Waals surface area (Å²) in [6, 6.07) is 2.76. The number of nitriles is 1. The molecule has 0 fully saturated rings. The van der Waals surface area contributed by atoms with Gasteiger partial charge in [-0.15, -0.1) is 0 Å². The van der Waals surface area contributed by atoms with Gasteiger partial charge in [-0.3, -0.25) is 4.98 Å². The third-order valence-electron chi connectivity index (χ3n) is 2.43. The van der Waals surface area contributed by atoms with Crippen LogP contribution in [0.5, 0.6) is 0 Å². The predicted molar refractivity (Wildman–Crippen MR) is 63.3 cm³/mol. The summed E-state index contributed by atoms with van der Waals surface area (Å²) in [5.74, 6) is 0.140. The molecule has 2 heterocycles. The third kappa shape index (κ3) is 3.20. The Hall–Kier alpha value is -2.69. The van der Waals surface area contributed by atoms with Gasteiger partial charge in [-0.2, -0.15) is 18.4 Å². The number of hydrogen-bond donors (Lipinski definition) is 1. The van der Waals surface area contributed by atoms with E-state index in [0.717, 1.165) is 18.5 Å². The lowest BCUT2D eigenvalue weighted by molar-refractivity contribution is -0.138. The largest absolute Gasteiger partial charge is 0.416 e. The van der Waals surface area contributed by atoms with Crippen LogP contribution in [0.2, 0.25) is 0 Å². The van der Waals surface area contributed by atoms with Crippen LogP contribution in [0, 0.1) is 11.3 Å². The van der Waals surface area contributed by atoms with E-state index in [-0.39, 0.29) is 23.6 Å². The molecule has 2 rings (SSSR count). The molecule has 102 valence electrons. The predicted octanol–water partition coefficient (Wildman–Crippen LogP) is 2.37. The van der Waals surface area contributed by atoms with E-state index in [1.54, 1.807) is 0 Å². The van der Waals surface area contributed by atoms with Crippen LogP contribution in [0.1, 0.15) is 16.7 Å². The second-order valence-corrected chi connectivity index (χ2v) is 3.79. The number of nitrogens with zero attached hydrogens (tertiary/aromatic N) is 4. The van der Waals surface area contributed by atoms with Crippen LogP contribution in [0.15, 0.2) is 30.9 Å². The fraction of sp³-hybridized carbons (Fsp3) is 0.167.